The van der Waals surface area contributed by atoms with Crippen molar-refractivity contribution in [3.63, 3.8) is 0 Å². The van der Waals surface area contributed by atoms with Gasteiger partial charge in [-0.1, -0.05) is 6.07 Å². The highest BCUT2D eigenvalue weighted by Crippen LogP contribution is 2.23. The molecule has 2 aromatic rings. The second-order valence-corrected chi connectivity index (χ2v) is 9.93. The SMILES string of the molecule is C[C@@H]1CN(S(=O)(=O)c2ccc(C(=O)Nc3cccc(N4CCNC4=O)c3)cc2)C[C@@H](C)O1. The maximum absolute atomic E-state index is 13.0. The molecular weight excluding hydrogens is 432 g/mol. The summed E-state index contributed by atoms with van der Waals surface area (Å²) in [5, 5.41) is 5.54. The summed E-state index contributed by atoms with van der Waals surface area (Å²) in [5.41, 5.74) is 1.56. The van der Waals surface area contributed by atoms with Crippen molar-refractivity contribution in [2.45, 2.75) is 31.0 Å². The topological polar surface area (TPSA) is 108 Å². The van der Waals surface area contributed by atoms with Crippen LogP contribution in [0.2, 0.25) is 0 Å². The summed E-state index contributed by atoms with van der Waals surface area (Å²) in [6, 6.07) is 12.7. The molecule has 0 unspecified atom stereocenters. The molecule has 2 saturated heterocycles. The quantitative estimate of drug-likeness (QED) is 0.715. The summed E-state index contributed by atoms with van der Waals surface area (Å²) < 4.78 is 33.0. The minimum Gasteiger partial charge on any atom is -0.373 e. The van der Waals surface area contributed by atoms with Gasteiger partial charge in [0.25, 0.3) is 5.91 Å². The van der Waals surface area contributed by atoms with Gasteiger partial charge in [-0.2, -0.15) is 4.31 Å². The Labute approximate surface area is 187 Å². The molecule has 0 aliphatic carbocycles. The summed E-state index contributed by atoms with van der Waals surface area (Å²) in [6.07, 6.45) is -0.359. The summed E-state index contributed by atoms with van der Waals surface area (Å²) >= 11 is 0. The first-order chi connectivity index (χ1) is 15.2. The van der Waals surface area contributed by atoms with Crippen molar-refractivity contribution in [2.24, 2.45) is 0 Å². The van der Waals surface area contributed by atoms with Gasteiger partial charge < -0.3 is 15.4 Å². The van der Waals surface area contributed by atoms with Crippen molar-refractivity contribution < 1.29 is 22.7 Å². The van der Waals surface area contributed by atoms with Crippen LogP contribution in [-0.2, 0) is 14.8 Å². The van der Waals surface area contributed by atoms with E-state index in [0.717, 1.165) is 0 Å². The van der Waals surface area contributed by atoms with Gasteiger partial charge in [-0.15, -0.1) is 0 Å². The molecule has 0 spiro atoms. The van der Waals surface area contributed by atoms with E-state index in [1.165, 1.54) is 28.6 Å². The number of sulfonamides is 1. The number of carbonyl (C=O) groups excluding carboxylic acids is 2. The molecule has 0 aromatic heterocycles. The van der Waals surface area contributed by atoms with E-state index >= 15 is 0 Å². The van der Waals surface area contributed by atoms with Crippen LogP contribution in [0.1, 0.15) is 24.2 Å². The number of anilines is 2. The maximum Gasteiger partial charge on any atom is 0.321 e. The first-order valence-corrected chi connectivity index (χ1v) is 11.9. The van der Waals surface area contributed by atoms with Gasteiger partial charge in [-0.05, 0) is 56.3 Å². The molecule has 4 rings (SSSR count). The lowest BCUT2D eigenvalue weighted by atomic mass is 10.2. The molecule has 2 fully saturated rings. The number of benzene rings is 2. The second-order valence-electron chi connectivity index (χ2n) is 7.99. The minimum atomic E-state index is -3.67. The predicted molar refractivity (Wildman–Crippen MR) is 120 cm³/mol. The normalized spacial score (nSPS) is 21.9. The van der Waals surface area contributed by atoms with E-state index in [0.29, 0.717) is 43.1 Å². The van der Waals surface area contributed by atoms with Gasteiger partial charge in [0.1, 0.15) is 0 Å². The molecule has 10 heteroatoms. The molecule has 2 aliphatic rings. The average Bonchev–Trinajstić information content (AvgIpc) is 3.19. The maximum atomic E-state index is 13.0. The highest BCUT2D eigenvalue weighted by molar-refractivity contribution is 7.89. The first-order valence-electron chi connectivity index (χ1n) is 10.5. The van der Waals surface area contributed by atoms with Gasteiger partial charge in [0, 0.05) is 43.1 Å². The molecule has 0 radical (unpaired) electrons. The standard InChI is InChI=1S/C22H26N4O5S/c1-15-13-25(14-16(2)31-15)32(29,30)20-8-6-17(7-9-20)21(27)24-18-4-3-5-19(12-18)26-11-10-23-22(26)28/h3-9,12,15-16H,10-11,13-14H2,1-2H3,(H,23,28)(H,24,27)/t15-,16-/m1/s1. The molecule has 32 heavy (non-hydrogen) atoms. The fraction of sp³-hybridized carbons (Fsp3) is 0.364. The number of rotatable bonds is 5. The smallest absolute Gasteiger partial charge is 0.321 e. The molecule has 2 atom stereocenters. The first kappa shape index (κ1) is 22.3. The van der Waals surface area contributed by atoms with Crippen LogP contribution < -0.4 is 15.5 Å². The Bertz CT molecular complexity index is 1110. The van der Waals surface area contributed by atoms with Crippen molar-refractivity contribution in [3.05, 3.63) is 54.1 Å². The van der Waals surface area contributed by atoms with Gasteiger partial charge in [-0.3, -0.25) is 9.69 Å². The zero-order chi connectivity index (χ0) is 22.9. The molecule has 170 valence electrons. The van der Waals surface area contributed by atoms with E-state index in [1.807, 2.05) is 13.8 Å². The fourth-order valence-corrected chi connectivity index (χ4v) is 5.52. The van der Waals surface area contributed by atoms with E-state index in [-0.39, 0.29) is 29.0 Å². The van der Waals surface area contributed by atoms with Crippen LogP contribution in [0.15, 0.2) is 53.4 Å². The lowest BCUT2D eigenvalue weighted by Crippen LogP contribution is -2.48. The largest absolute Gasteiger partial charge is 0.373 e. The number of hydrogen-bond acceptors (Lipinski definition) is 5. The predicted octanol–water partition coefficient (Wildman–Crippen LogP) is 2.27. The molecule has 3 amide bonds. The molecule has 2 aliphatic heterocycles. The van der Waals surface area contributed by atoms with Crippen molar-refractivity contribution >= 4 is 33.3 Å². The molecule has 0 saturated carbocycles. The van der Waals surface area contributed by atoms with Crippen molar-refractivity contribution in [1.29, 1.82) is 0 Å². The van der Waals surface area contributed by atoms with E-state index in [4.69, 9.17) is 4.74 Å². The Hall–Kier alpha value is -2.95. The highest BCUT2D eigenvalue weighted by atomic mass is 32.2. The monoisotopic (exact) mass is 458 g/mol. The van der Waals surface area contributed by atoms with Crippen LogP contribution in [0.4, 0.5) is 16.2 Å². The number of carbonyl (C=O) groups is 2. The number of amides is 3. The molecule has 2 N–H and O–H groups in total. The molecule has 9 nitrogen and oxygen atoms in total. The van der Waals surface area contributed by atoms with Crippen molar-refractivity contribution in [3.8, 4) is 0 Å². The fourth-order valence-electron chi connectivity index (χ4n) is 3.93. The molecular formula is C22H26N4O5S. The van der Waals surface area contributed by atoms with Gasteiger partial charge in [0.15, 0.2) is 0 Å². The van der Waals surface area contributed by atoms with E-state index in [9.17, 15) is 18.0 Å². The number of urea groups is 1. The van der Waals surface area contributed by atoms with Crippen LogP contribution in [-0.4, -0.2) is 63.0 Å². The van der Waals surface area contributed by atoms with Crippen molar-refractivity contribution in [2.75, 3.05) is 36.4 Å². The third kappa shape index (κ3) is 4.62. The minimum absolute atomic E-state index is 0.136. The summed E-state index contributed by atoms with van der Waals surface area (Å²) in [4.78, 5) is 26.3. The van der Waals surface area contributed by atoms with E-state index in [2.05, 4.69) is 10.6 Å². The number of morpholine rings is 1. The third-order valence-corrected chi connectivity index (χ3v) is 7.26. The summed E-state index contributed by atoms with van der Waals surface area (Å²) in [6.45, 7) is 5.41. The van der Waals surface area contributed by atoms with Crippen LogP contribution in [0, 0.1) is 0 Å². The number of nitrogens with zero attached hydrogens (tertiary/aromatic N) is 2. The number of ether oxygens (including phenoxy) is 1. The van der Waals surface area contributed by atoms with E-state index in [1.54, 1.807) is 29.2 Å². The lowest BCUT2D eigenvalue weighted by molar-refractivity contribution is -0.0440. The van der Waals surface area contributed by atoms with Gasteiger partial charge in [0.05, 0.1) is 17.1 Å². The number of nitrogens with one attached hydrogen (secondary N) is 2. The lowest BCUT2D eigenvalue weighted by Gasteiger charge is -2.34. The average molecular weight is 459 g/mol. The highest BCUT2D eigenvalue weighted by Gasteiger charge is 2.32. The molecule has 2 heterocycles. The van der Waals surface area contributed by atoms with E-state index < -0.39 is 10.0 Å². The van der Waals surface area contributed by atoms with Gasteiger partial charge in [0.2, 0.25) is 10.0 Å². The Balaban J connectivity index is 1.46. The van der Waals surface area contributed by atoms with Crippen LogP contribution >= 0.6 is 0 Å². The Morgan fingerprint density at radius 3 is 2.41 bits per heavy atom. The zero-order valence-electron chi connectivity index (χ0n) is 17.9. The van der Waals surface area contributed by atoms with Crippen LogP contribution in [0.3, 0.4) is 0 Å². The van der Waals surface area contributed by atoms with Gasteiger partial charge in [-0.25, -0.2) is 13.2 Å². The Morgan fingerprint density at radius 1 is 1.09 bits per heavy atom. The zero-order valence-corrected chi connectivity index (χ0v) is 18.8. The summed E-state index contributed by atoms with van der Waals surface area (Å²) in [5.74, 6) is -0.370. The Kier molecular flexibility index (Phi) is 6.18. The van der Waals surface area contributed by atoms with Gasteiger partial charge >= 0.3 is 6.03 Å². The van der Waals surface area contributed by atoms with Crippen LogP contribution in [0.25, 0.3) is 0 Å². The second kappa shape index (κ2) is 8.89. The van der Waals surface area contributed by atoms with Crippen LogP contribution in [0.5, 0.6) is 0 Å². The van der Waals surface area contributed by atoms with Crippen molar-refractivity contribution in [1.82, 2.24) is 9.62 Å². The Morgan fingerprint density at radius 2 is 1.78 bits per heavy atom. The molecule has 2 aromatic carbocycles. The summed E-state index contributed by atoms with van der Waals surface area (Å²) in [7, 11) is -3.67. The third-order valence-electron chi connectivity index (χ3n) is 5.41. The molecule has 0 bridgehead atoms. The number of hydrogen-bond donors (Lipinski definition) is 2.